The predicted octanol–water partition coefficient (Wildman–Crippen LogP) is 1.97. The lowest BCUT2D eigenvalue weighted by Gasteiger charge is -2.08. The van der Waals surface area contributed by atoms with Crippen LogP contribution in [0, 0.1) is 5.82 Å². The normalized spacial score (nSPS) is 11.6. The number of alkyl halides is 3. The highest BCUT2D eigenvalue weighted by Crippen LogP contribution is 2.18. The maximum absolute atomic E-state index is 13.4. The lowest BCUT2D eigenvalue weighted by atomic mass is 10.1. The van der Waals surface area contributed by atoms with E-state index in [0.29, 0.717) is 0 Å². The largest absolute Gasteiger partial charge is 0.390 e. The van der Waals surface area contributed by atoms with Crippen molar-refractivity contribution in [2.45, 2.75) is 19.1 Å². The molecule has 0 saturated heterocycles. The van der Waals surface area contributed by atoms with E-state index < -0.39 is 24.3 Å². The van der Waals surface area contributed by atoms with E-state index in [1.165, 1.54) is 12.1 Å². The topological polar surface area (TPSA) is 55.1 Å². The molecule has 0 fully saturated rings. The number of nitrogens with two attached hydrogens (primary N) is 1. The molecule has 0 saturated carbocycles. The van der Waals surface area contributed by atoms with Crippen LogP contribution in [0.15, 0.2) is 18.2 Å². The van der Waals surface area contributed by atoms with E-state index in [0.717, 1.165) is 6.07 Å². The highest BCUT2D eigenvalue weighted by molar-refractivity contribution is 5.92. The molecular formula is C11H12F4N2O. The van der Waals surface area contributed by atoms with Crippen molar-refractivity contribution in [3.05, 3.63) is 35.1 Å². The number of nitrogens with one attached hydrogen (secondary N) is 1. The van der Waals surface area contributed by atoms with Gasteiger partial charge in [-0.25, -0.2) is 4.39 Å². The molecule has 0 aliphatic heterocycles. The third-order valence-electron chi connectivity index (χ3n) is 2.24. The van der Waals surface area contributed by atoms with Crippen LogP contribution in [-0.4, -0.2) is 18.6 Å². The van der Waals surface area contributed by atoms with Crippen molar-refractivity contribution < 1.29 is 22.4 Å². The van der Waals surface area contributed by atoms with E-state index in [4.69, 9.17) is 5.73 Å². The van der Waals surface area contributed by atoms with Crippen molar-refractivity contribution in [2.75, 3.05) is 6.54 Å². The van der Waals surface area contributed by atoms with Gasteiger partial charge in [-0.15, -0.1) is 0 Å². The fourth-order valence-corrected chi connectivity index (χ4v) is 1.30. The van der Waals surface area contributed by atoms with Crippen molar-refractivity contribution in [2.24, 2.45) is 5.73 Å². The van der Waals surface area contributed by atoms with E-state index >= 15 is 0 Å². The van der Waals surface area contributed by atoms with Crippen LogP contribution in [0.5, 0.6) is 0 Å². The van der Waals surface area contributed by atoms with Crippen LogP contribution in [0.1, 0.15) is 22.3 Å². The van der Waals surface area contributed by atoms with Crippen molar-refractivity contribution in [3.63, 3.8) is 0 Å². The zero-order valence-corrected chi connectivity index (χ0v) is 9.35. The van der Waals surface area contributed by atoms with Crippen molar-refractivity contribution >= 4 is 5.91 Å². The lowest BCUT2D eigenvalue weighted by Crippen LogP contribution is -2.22. The summed E-state index contributed by atoms with van der Waals surface area (Å²) < 4.78 is 48.9. The Morgan fingerprint density at radius 1 is 1.33 bits per heavy atom. The molecule has 0 spiro atoms. The van der Waals surface area contributed by atoms with Gasteiger partial charge >= 0.3 is 6.18 Å². The Kier molecular flexibility index (Phi) is 4.66. The van der Waals surface area contributed by atoms with Crippen LogP contribution in [-0.2, 0) is 6.54 Å². The SMILES string of the molecule is NC(=O)c1ccc(CNCCC(F)(F)F)c(F)c1. The number of halogens is 4. The Hall–Kier alpha value is -1.63. The molecule has 1 amide bonds. The Morgan fingerprint density at radius 2 is 2.00 bits per heavy atom. The number of benzene rings is 1. The average Bonchev–Trinajstić information content (AvgIpc) is 2.24. The zero-order chi connectivity index (χ0) is 13.8. The minimum atomic E-state index is -4.23. The Morgan fingerprint density at radius 3 is 2.50 bits per heavy atom. The fraction of sp³-hybridized carbons (Fsp3) is 0.364. The lowest BCUT2D eigenvalue weighted by molar-refractivity contribution is -0.133. The van der Waals surface area contributed by atoms with E-state index in [9.17, 15) is 22.4 Å². The summed E-state index contributed by atoms with van der Waals surface area (Å²) >= 11 is 0. The molecule has 3 nitrogen and oxygen atoms in total. The van der Waals surface area contributed by atoms with Gasteiger partial charge in [-0.2, -0.15) is 13.2 Å². The molecule has 1 aromatic rings. The van der Waals surface area contributed by atoms with Gasteiger partial charge in [-0.1, -0.05) is 6.07 Å². The molecule has 18 heavy (non-hydrogen) atoms. The zero-order valence-electron chi connectivity index (χ0n) is 9.35. The number of rotatable bonds is 5. The molecule has 100 valence electrons. The van der Waals surface area contributed by atoms with Gasteiger partial charge in [0.1, 0.15) is 5.82 Å². The summed E-state index contributed by atoms with van der Waals surface area (Å²) in [5, 5.41) is 2.47. The molecule has 0 aromatic heterocycles. The van der Waals surface area contributed by atoms with E-state index in [2.05, 4.69) is 5.32 Å². The molecule has 0 aliphatic carbocycles. The summed E-state index contributed by atoms with van der Waals surface area (Å²) in [7, 11) is 0. The Labute approximate surface area is 101 Å². The van der Waals surface area contributed by atoms with Gasteiger partial charge < -0.3 is 11.1 Å². The summed E-state index contributed by atoms with van der Waals surface area (Å²) in [6.45, 7) is -0.332. The van der Waals surface area contributed by atoms with Gasteiger partial charge in [-0.3, -0.25) is 4.79 Å². The van der Waals surface area contributed by atoms with Crippen molar-refractivity contribution in [3.8, 4) is 0 Å². The van der Waals surface area contributed by atoms with Crippen LogP contribution in [0.25, 0.3) is 0 Å². The van der Waals surface area contributed by atoms with Gasteiger partial charge in [0.25, 0.3) is 0 Å². The number of hydrogen-bond acceptors (Lipinski definition) is 2. The number of carbonyl (C=O) groups excluding carboxylic acids is 1. The Balaban J connectivity index is 2.51. The maximum Gasteiger partial charge on any atom is 0.390 e. The fourth-order valence-electron chi connectivity index (χ4n) is 1.30. The number of primary amides is 1. The van der Waals surface area contributed by atoms with E-state index in [1.807, 2.05) is 0 Å². The molecule has 0 aliphatic rings. The van der Waals surface area contributed by atoms with Gasteiger partial charge in [0, 0.05) is 24.2 Å². The molecule has 7 heteroatoms. The first-order valence-electron chi connectivity index (χ1n) is 5.15. The highest BCUT2D eigenvalue weighted by Gasteiger charge is 2.25. The van der Waals surface area contributed by atoms with Crippen molar-refractivity contribution in [1.29, 1.82) is 0 Å². The smallest absolute Gasteiger partial charge is 0.366 e. The third kappa shape index (κ3) is 4.70. The monoisotopic (exact) mass is 264 g/mol. The highest BCUT2D eigenvalue weighted by atomic mass is 19.4. The summed E-state index contributed by atoms with van der Waals surface area (Å²) in [6.07, 6.45) is -5.21. The van der Waals surface area contributed by atoms with Gasteiger partial charge in [-0.05, 0) is 12.1 Å². The van der Waals surface area contributed by atoms with Gasteiger partial charge in [0.05, 0.1) is 6.42 Å². The second kappa shape index (κ2) is 5.81. The third-order valence-corrected chi connectivity index (χ3v) is 2.24. The molecular weight excluding hydrogens is 252 g/mol. The molecule has 1 rings (SSSR count). The molecule has 0 heterocycles. The first-order chi connectivity index (χ1) is 8.29. The number of amides is 1. The first-order valence-corrected chi connectivity index (χ1v) is 5.15. The van der Waals surface area contributed by atoms with Crippen LogP contribution in [0.2, 0.25) is 0 Å². The van der Waals surface area contributed by atoms with E-state index in [1.54, 1.807) is 0 Å². The Bertz CT molecular complexity index is 432. The summed E-state index contributed by atoms with van der Waals surface area (Å²) in [6, 6.07) is 3.60. The van der Waals surface area contributed by atoms with Crippen LogP contribution < -0.4 is 11.1 Å². The summed E-state index contributed by atoms with van der Waals surface area (Å²) in [5.41, 5.74) is 5.16. The predicted molar refractivity (Wildman–Crippen MR) is 57.3 cm³/mol. The minimum Gasteiger partial charge on any atom is -0.366 e. The summed E-state index contributed by atoms with van der Waals surface area (Å²) in [4.78, 5) is 10.8. The molecule has 0 radical (unpaired) electrons. The quantitative estimate of drug-likeness (QED) is 0.631. The summed E-state index contributed by atoms with van der Waals surface area (Å²) in [5.74, 6) is -1.43. The van der Waals surface area contributed by atoms with Gasteiger partial charge in [0.15, 0.2) is 0 Å². The van der Waals surface area contributed by atoms with Crippen LogP contribution in [0.4, 0.5) is 17.6 Å². The minimum absolute atomic E-state index is 0.0199. The molecule has 0 unspecified atom stereocenters. The van der Waals surface area contributed by atoms with Crippen molar-refractivity contribution in [1.82, 2.24) is 5.32 Å². The van der Waals surface area contributed by atoms with Crippen LogP contribution in [0.3, 0.4) is 0 Å². The van der Waals surface area contributed by atoms with Gasteiger partial charge in [0.2, 0.25) is 5.91 Å². The number of hydrogen-bond donors (Lipinski definition) is 2. The standard InChI is InChI=1S/C11H12F4N2O/c12-9-5-7(10(16)18)1-2-8(9)6-17-4-3-11(13,14)15/h1-2,5,17H,3-4,6H2,(H2,16,18). The molecule has 3 N–H and O–H groups in total. The second-order valence-corrected chi connectivity index (χ2v) is 3.71. The number of carbonyl (C=O) groups is 1. The second-order valence-electron chi connectivity index (χ2n) is 3.71. The average molecular weight is 264 g/mol. The first kappa shape index (κ1) is 14.4. The van der Waals surface area contributed by atoms with E-state index in [-0.39, 0.29) is 24.2 Å². The van der Waals surface area contributed by atoms with Crippen LogP contribution >= 0.6 is 0 Å². The molecule has 0 bridgehead atoms. The molecule has 0 atom stereocenters. The maximum atomic E-state index is 13.4. The molecule has 1 aromatic carbocycles.